The molecule has 0 aromatic heterocycles. The lowest BCUT2D eigenvalue weighted by Crippen LogP contribution is -2.31. The van der Waals surface area contributed by atoms with Crippen LogP contribution in [0.1, 0.15) is 24.0 Å². The lowest BCUT2D eigenvalue weighted by Gasteiger charge is -2.23. The van der Waals surface area contributed by atoms with Crippen LogP contribution in [0.4, 0.5) is 0 Å². The number of hydrogen-bond acceptors (Lipinski definition) is 3. The molecule has 0 radical (unpaired) electrons. The SMILES string of the molecule is NS(=O)(=O)c1ccc(CN(Cc2ccc(Cl)cc2)C(=O)C2CC2)cc1. The standard InChI is InChI=1S/C18H19ClN2O3S/c19-16-7-1-13(2-8-16)11-21(18(22)15-5-6-15)12-14-3-9-17(10-4-14)25(20,23)24/h1-4,7-10,15H,5-6,11-12H2,(H2,20,23,24). The molecule has 0 spiro atoms. The van der Waals surface area contributed by atoms with E-state index in [1.165, 1.54) is 12.1 Å². The fourth-order valence-corrected chi connectivity index (χ4v) is 3.26. The first-order valence-electron chi connectivity index (χ1n) is 7.98. The monoisotopic (exact) mass is 378 g/mol. The van der Waals surface area contributed by atoms with E-state index in [-0.39, 0.29) is 16.7 Å². The van der Waals surface area contributed by atoms with Gasteiger partial charge in [-0.1, -0.05) is 35.9 Å². The third-order valence-electron chi connectivity index (χ3n) is 4.15. The molecule has 0 heterocycles. The maximum Gasteiger partial charge on any atom is 0.238 e. The van der Waals surface area contributed by atoms with Crippen LogP contribution in [0.5, 0.6) is 0 Å². The normalized spacial score (nSPS) is 14.3. The highest BCUT2D eigenvalue weighted by molar-refractivity contribution is 7.89. The lowest BCUT2D eigenvalue weighted by molar-refractivity contribution is -0.133. The van der Waals surface area contributed by atoms with Crippen LogP contribution in [0.25, 0.3) is 0 Å². The summed E-state index contributed by atoms with van der Waals surface area (Å²) < 4.78 is 22.7. The Morgan fingerprint density at radius 2 is 1.48 bits per heavy atom. The van der Waals surface area contributed by atoms with Crippen molar-refractivity contribution in [2.24, 2.45) is 11.1 Å². The molecule has 132 valence electrons. The Bertz CT molecular complexity index is 860. The summed E-state index contributed by atoms with van der Waals surface area (Å²) in [5.41, 5.74) is 1.86. The average molecular weight is 379 g/mol. The van der Waals surface area contributed by atoms with E-state index in [0.717, 1.165) is 24.0 Å². The maximum atomic E-state index is 12.6. The van der Waals surface area contributed by atoms with Gasteiger partial charge in [-0.15, -0.1) is 0 Å². The number of sulfonamides is 1. The summed E-state index contributed by atoms with van der Waals surface area (Å²) in [5, 5.41) is 5.77. The Balaban J connectivity index is 1.77. The summed E-state index contributed by atoms with van der Waals surface area (Å²) in [7, 11) is -3.71. The highest BCUT2D eigenvalue weighted by atomic mass is 35.5. The first-order valence-corrected chi connectivity index (χ1v) is 9.90. The van der Waals surface area contributed by atoms with Crippen LogP contribution in [-0.4, -0.2) is 19.2 Å². The smallest absolute Gasteiger partial charge is 0.238 e. The topological polar surface area (TPSA) is 80.5 Å². The van der Waals surface area contributed by atoms with Crippen molar-refractivity contribution in [1.82, 2.24) is 4.90 Å². The van der Waals surface area contributed by atoms with Crippen LogP contribution in [0.3, 0.4) is 0 Å². The molecule has 5 nitrogen and oxygen atoms in total. The van der Waals surface area contributed by atoms with Crippen molar-refractivity contribution in [3.05, 3.63) is 64.7 Å². The van der Waals surface area contributed by atoms with Crippen molar-refractivity contribution >= 4 is 27.5 Å². The molecule has 0 aliphatic heterocycles. The molecule has 0 saturated heterocycles. The summed E-state index contributed by atoms with van der Waals surface area (Å²) in [6.07, 6.45) is 1.86. The molecule has 1 aliphatic carbocycles. The quantitative estimate of drug-likeness (QED) is 0.839. The molecule has 1 amide bonds. The molecule has 2 aromatic rings. The van der Waals surface area contributed by atoms with Gasteiger partial charge in [-0.3, -0.25) is 4.79 Å². The molecular formula is C18H19ClN2O3S. The van der Waals surface area contributed by atoms with E-state index in [0.29, 0.717) is 18.1 Å². The Morgan fingerprint density at radius 3 is 1.92 bits per heavy atom. The number of nitrogens with zero attached hydrogens (tertiary/aromatic N) is 1. The van der Waals surface area contributed by atoms with Gasteiger partial charge >= 0.3 is 0 Å². The third-order valence-corrected chi connectivity index (χ3v) is 5.33. The number of benzene rings is 2. The number of nitrogens with two attached hydrogens (primary N) is 1. The van der Waals surface area contributed by atoms with Crippen LogP contribution >= 0.6 is 11.6 Å². The van der Waals surface area contributed by atoms with Gasteiger partial charge in [0.25, 0.3) is 0 Å². The molecular weight excluding hydrogens is 360 g/mol. The van der Waals surface area contributed by atoms with E-state index >= 15 is 0 Å². The van der Waals surface area contributed by atoms with Gasteiger partial charge in [0.15, 0.2) is 0 Å². The Hall–Kier alpha value is -1.89. The number of halogens is 1. The van der Waals surface area contributed by atoms with E-state index in [1.54, 1.807) is 29.2 Å². The highest BCUT2D eigenvalue weighted by Gasteiger charge is 2.33. The molecule has 1 fully saturated rings. The highest BCUT2D eigenvalue weighted by Crippen LogP contribution is 2.32. The molecule has 0 bridgehead atoms. The minimum absolute atomic E-state index is 0.0639. The number of carbonyl (C=O) groups excluding carboxylic acids is 1. The summed E-state index contributed by atoms with van der Waals surface area (Å²) >= 11 is 5.91. The van der Waals surface area contributed by atoms with Crippen molar-refractivity contribution in [2.45, 2.75) is 30.8 Å². The second-order valence-corrected chi connectivity index (χ2v) is 8.28. The lowest BCUT2D eigenvalue weighted by atomic mass is 10.1. The van der Waals surface area contributed by atoms with Crippen LogP contribution in [-0.2, 0) is 27.9 Å². The first kappa shape index (κ1) is 17.9. The van der Waals surface area contributed by atoms with Gasteiger partial charge in [0.1, 0.15) is 0 Å². The van der Waals surface area contributed by atoms with Gasteiger partial charge in [-0.05, 0) is 48.2 Å². The van der Waals surface area contributed by atoms with Crippen molar-refractivity contribution in [3.63, 3.8) is 0 Å². The fraction of sp³-hybridized carbons (Fsp3) is 0.278. The number of carbonyl (C=O) groups is 1. The van der Waals surface area contributed by atoms with E-state index in [9.17, 15) is 13.2 Å². The van der Waals surface area contributed by atoms with E-state index in [4.69, 9.17) is 16.7 Å². The second kappa shape index (κ2) is 7.15. The summed E-state index contributed by atoms with van der Waals surface area (Å²) in [4.78, 5) is 14.5. The van der Waals surface area contributed by atoms with E-state index < -0.39 is 10.0 Å². The average Bonchev–Trinajstić information content (AvgIpc) is 3.40. The molecule has 7 heteroatoms. The Labute approximate surface area is 152 Å². The number of hydrogen-bond donors (Lipinski definition) is 1. The van der Waals surface area contributed by atoms with Crippen molar-refractivity contribution in [3.8, 4) is 0 Å². The molecule has 0 unspecified atom stereocenters. The zero-order valence-corrected chi connectivity index (χ0v) is 15.1. The molecule has 1 saturated carbocycles. The number of rotatable bonds is 6. The number of amides is 1. The van der Waals surface area contributed by atoms with E-state index in [1.807, 2.05) is 12.1 Å². The van der Waals surface area contributed by atoms with Gasteiger partial charge < -0.3 is 4.90 Å². The zero-order valence-electron chi connectivity index (χ0n) is 13.6. The van der Waals surface area contributed by atoms with Gasteiger partial charge in [0.2, 0.25) is 15.9 Å². The molecule has 2 aromatic carbocycles. The summed E-state index contributed by atoms with van der Waals surface area (Å²) in [5.74, 6) is 0.237. The van der Waals surface area contributed by atoms with Gasteiger partial charge in [-0.2, -0.15) is 0 Å². The molecule has 1 aliphatic rings. The Morgan fingerprint density at radius 1 is 1.00 bits per heavy atom. The maximum absolute atomic E-state index is 12.6. The predicted molar refractivity (Wildman–Crippen MR) is 96.2 cm³/mol. The van der Waals surface area contributed by atoms with Crippen LogP contribution in [0.2, 0.25) is 5.02 Å². The second-order valence-electron chi connectivity index (χ2n) is 6.28. The van der Waals surface area contributed by atoms with Gasteiger partial charge in [-0.25, -0.2) is 13.6 Å². The zero-order chi connectivity index (χ0) is 18.0. The van der Waals surface area contributed by atoms with Crippen LogP contribution in [0, 0.1) is 5.92 Å². The molecule has 2 N–H and O–H groups in total. The van der Waals surface area contributed by atoms with E-state index in [2.05, 4.69) is 0 Å². The fourth-order valence-electron chi connectivity index (χ4n) is 2.62. The predicted octanol–water partition coefficient (Wildman–Crippen LogP) is 2.93. The Kier molecular flexibility index (Phi) is 5.13. The molecule has 25 heavy (non-hydrogen) atoms. The van der Waals surface area contributed by atoms with Crippen molar-refractivity contribution in [1.29, 1.82) is 0 Å². The minimum Gasteiger partial charge on any atom is -0.334 e. The molecule has 3 rings (SSSR count). The first-order chi connectivity index (χ1) is 11.8. The largest absolute Gasteiger partial charge is 0.334 e. The summed E-state index contributed by atoms with van der Waals surface area (Å²) in [6, 6.07) is 13.7. The van der Waals surface area contributed by atoms with Crippen molar-refractivity contribution in [2.75, 3.05) is 0 Å². The van der Waals surface area contributed by atoms with Crippen LogP contribution < -0.4 is 5.14 Å². The van der Waals surface area contributed by atoms with Gasteiger partial charge in [0.05, 0.1) is 4.90 Å². The van der Waals surface area contributed by atoms with Gasteiger partial charge in [0, 0.05) is 24.0 Å². The van der Waals surface area contributed by atoms with Crippen LogP contribution in [0.15, 0.2) is 53.4 Å². The van der Waals surface area contributed by atoms with Crippen molar-refractivity contribution < 1.29 is 13.2 Å². The minimum atomic E-state index is -3.71. The third kappa shape index (κ3) is 4.81. The summed E-state index contributed by atoms with van der Waals surface area (Å²) in [6.45, 7) is 0.909. The number of primary sulfonamides is 1. The molecule has 0 atom stereocenters.